The molecule has 1 saturated heterocycles. The normalized spacial score (nSPS) is 41.0. The van der Waals surface area contributed by atoms with Gasteiger partial charge in [-0.2, -0.15) is 0 Å². The van der Waals surface area contributed by atoms with Crippen molar-refractivity contribution >= 4 is 0 Å². The zero-order valence-electron chi connectivity index (χ0n) is 8.20. The van der Waals surface area contributed by atoms with Gasteiger partial charge in [-0.05, 0) is 0 Å². The third kappa shape index (κ3) is 2.64. The van der Waals surface area contributed by atoms with E-state index in [4.69, 9.17) is 14.9 Å². The standard InChI is InChI=1S/C8H17NO6/c10-2-1-9-3-5-6(12)7(13)8(14,4-11)15-5/h5-7,9-14H,1-4H2/t5-,6?,7?,8+/m0/s1. The van der Waals surface area contributed by atoms with Gasteiger partial charge in [0.1, 0.15) is 18.3 Å². The number of hydrogen-bond donors (Lipinski definition) is 6. The average Bonchev–Trinajstić information content (AvgIpc) is 2.45. The number of rotatable bonds is 5. The van der Waals surface area contributed by atoms with Crippen LogP contribution in [-0.2, 0) is 4.74 Å². The summed E-state index contributed by atoms with van der Waals surface area (Å²) in [5.74, 6) is -2.11. The van der Waals surface area contributed by atoms with Crippen LogP contribution in [0.3, 0.4) is 0 Å². The number of hydrogen-bond acceptors (Lipinski definition) is 7. The fourth-order valence-corrected chi connectivity index (χ4v) is 1.49. The van der Waals surface area contributed by atoms with E-state index in [-0.39, 0.29) is 13.2 Å². The number of ether oxygens (including phenoxy) is 1. The average molecular weight is 223 g/mol. The molecule has 0 aromatic heterocycles. The third-order valence-corrected chi connectivity index (χ3v) is 2.38. The fourth-order valence-electron chi connectivity index (χ4n) is 1.49. The Bertz CT molecular complexity index is 204. The molecule has 7 heteroatoms. The van der Waals surface area contributed by atoms with E-state index >= 15 is 0 Å². The molecule has 1 rings (SSSR count). The smallest absolute Gasteiger partial charge is 0.219 e. The molecule has 0 amide bonds. The Morgan fingerprint density at radius 1 is 1.27 bits per heavy atom. The minimum absolute atomic E-state index is 0.0599. The van der Waals surface area contributed by atoms with E-state index in [2.05, 4.69) is 5.32 Å². The summed E-state index contributed by atoms with van der Waals surface area (Å²) in [4.78, 5) is 0. The fraction of sp³-hybridized carbons (Fsp3) is 1.00. The van der Waals surface area contributed by atoms with E-state index in [0.29, 0.717) is 6.54 Å². The molecule has 0 bridgehead atoms. The largest absolute Gasteiger partial charge is 0.395 e. The second-order valence-corrected chi connectivity index (χ2v) is 3.52. The van der Waals surface area contributed by atoms with Crippen molar-refractivity contribution in [2.24, 2.45) is 0 Å². The molecule has 0 radical (unpaired) electrons. The molecule has 0 aromatic carbocycles. The quantitative estimate of drug-likeness (QED) is 0.266. The first kappa shape index (κ1) is 12.8. The first-order valence-electron chi connectivity index (χ1n) is 4.74. The first-order chi connectivity index (χ1) is 7.05. The van der Waals surface area contributed by atoms with Crippen LogP contribution < -0.4 is 5.32 Å². The summed E-state index contributed by atoms with van der Waals surface area (Å²) < 4.78 is 4.93. The van der Waals surface area contributed by atoms with Crippen molar-refractivity contribution in [3.63, 3.8) is 0 Å². The van der Waals surface area contributed by atoms with Crippen LogP contribution in [0, 0.1) is 0 Å². The Hall–Kier alpha value is -0.280. The highest BCUT2D eigenvalue weighted by molar-refractivity contribution is 4.95. The molecule has 0 aliphatic carbocycles. The first-order valence-corrected chi connectivity index (χ1v) is 4.74. The van der Waals surface area contributed by atoms with Gasteiger partial charge in [-0.3, -0.25) is 0 Å². The highest BCUT2D eigenvalue weighted by Crippen LogP contribution is 2.28. The molecule has 2 unspecified atom stereocenters. The maximum Gasteiger partial charge on any atom is 0.219 e. The number of aliphatic hydroxyl groups is 5. The molecular weight excluding hydrogens is 206 g/mol. The second kappa shape index (κ2) is 5.17. The van der Waals surface area contributed by atoms with Crippen LogP contribution >= 0.6 is 0 Å². The Morgan fingerprint density at radius 2 is 1.93 bits per heavy atom. The van der Waals surface area contributed by atoms with E-state index in [9.17, 15) is 15.3 Å². The van der Waals surface area contributed by atoms with Gasteiger partial charge in [0.15, 0.2) is 0 Å². The summed E-state index contributed by atoms with van der Waals surface area (Å²) in [6, 6.07) is 0. The van der Waals surface area contributed by atoms with Gasteiger partial charge in [0.05, 0.1) is 13.2 Å². The third-order valence-electron chi connectivity index (χ3n) is 2.38. The minimum Gasteiger partial charge on any atom is -0.395 e. The summed E-state index contributed by atoms with van der Waals surface area (Å²) in [7, 11) is 0. The van der Waals surface area contributed by atoms with Gasteiger partial charge in [0, 0.05) is 13.1 Å². The molecule has 1 fully saturated rings. The van der Waals surface area contributed by atoms with Crippen molar-refractivity contribution in [2.75, 3.05) is 26.3 Å². The molecule has 4 atom stereocenters. The van der Waals surface area contributed by atoms with Crippen molar-refractivity contribution in [1.82, 2.24) is 5.32 Å². The summed E-state index contributed by atoms with van der Waals surface area (Å²) in [6.07, 6.45) is -3.62. The zero-order valence-corrected chi connectivity index (χ0v) is 8.20. The van der Waals surface area contributed by atoms with Crippen LogP contribution in [0.1, 0.15) is 0 Å². The molecular formula is C8H17NO6. The highest BCUT2D eigenvalue weighted by Gasteiger charge is 2.52. The lowest BCUT2D eigenvalue weighted by atomic mass is 10.1. The minimum atomic E-state index is -2.11. The Balaban J connectivity index is 2.48. The maximum atomic E-state index is 9.51. The van der Waals surface area contributed by atoms with E-state index in [0.717, 1.165) is 0 Å². The van der Waals surface area contributed by atoms with Gasteiger partial charge in [-0.15, -0.1) is 0 Å². The van der Waals surface area contributed by atoms with E-state index < -0.39 is 30.7 Å². The SMILES string of the molecule is OCCNC[C@@H]1O[C@](O)(CO)C(O)C1O. The molecule has 0 spiro atoms. The lowest BCUT2D eigenvalue weighted by Crippen LogP contribution is -2.46. The summed E-state index contributed by atoms with van der Waals surface area (Å²) in [5.41, 5.74) is 0. The predicted octanol–water partition coefficient (Wildman–Crippen LogP) is -3.63. The summed E-state index contributed by atoms with van der Waals surface area (Å²) in [5, 5.41) is 48.4. The Morgan fingerprint density at radius 3 is 2.40 bits per heavy atom. The molecule has 1 aliphatic rings. The van der Waals surface area contributed by atoms with E-state index in [1.165, 1.54) is 0 Å². The van der Waals surface area contributed by atoms with Crippen LogP contribution in [0.15, 0.2) is 0 Å². The molecule has 1 aliphatic heterocycles. The van der Waals surface area contributed by atoms with Crippen LogP contribution in [0.25, 0.3) is 0 Å². The second-order valence-electron chi connectivity index (χ2n) is 3.52. The summed E-state index contributed by atoms with van der Waals surface area (Å²) in [6.45, 7) is -0.362. The monoisotopic (exact) mass is 223 g/mol. The van der Waals surface area contributed by atoms with Crippen LogP contribution in [0.5, 0.6) is 0 Å². The lowest BCUT2D eigenvalue weighted by molar-refractivity contribution is -0.245. The van der Waals surface area contributed by atoms with Crippen molar-refractivity contribution in [3.8, 4) is 0 Å². The Labute approximate surface area is 86.9 Å². The van der Waals surface area contributed by atoms with Gasteiger partial charge < -0.3 is 35.6 Å². The van der Waals surface area contributed by atoms with Gasteiger partial charge in [-0.1, -0.05) is 0 Å². The molecule has 7 nitrogen and oxygen atoms in total. The topological polar surface area (TPSA) is 122 Å². The molecule has 1 heterocycles. The molecule has 6 N–H and O–H groups in total. The Kier molecular flexibility index (Phi) is 4.41. The van der Waals surface area contributed by atoms with Crippen LogP contribution in [-0.4, -0.2) is 75.9 Å². The highest BCUT2D eigenvalue weighted by atomic mass is 16.7. The molecule has 15 heavy (non-hydrogen) atoms. The predicted molar refractivity (Wildman–Crippen MR) is 48.9 cm³/mol. The van der Waals surface area contributed by atoms with Gasteiger partial charge in [-0.25, -0.2) is 0 Å². The van der Waals surface area contributed by atoms with Crippen molar-refractivity contribution in [1.29, 1.82) is 0 Å². The number of aliphatic hydroxyl groups excluding tert-OH is 4. The van der Waals surface area contributed by atoms with E-state index in [1.807, 2.05) is 0 Å². The van der Waals surface area contributed by atoms with Crippen LogP contribution in [0.4, 0.5) is 0 Å². The van der Waals surface area contributed by atoms with Crippen molar-refractivity contribution < 1.29 is 30.3 Å². The number of nitrogens with one attached hydrogen (secondary N) is 1. The van der Waals surface area contributed by atoms with Gasteiger partial charge >= 0.3 is 0 Å². The van der Waals surface area contributed by atoms with Crippen LogP contribution in [0.2, 0.25) is 0 Å². The lowest BCUT2D eigenvalue weighted by Gasteiger charge is -2.22. The molecule has 90 valence electrons. The molecule has 0 saturated carbocycles. The van der Waals surface area contributed by atoms with E-state index in [1.54, 1.807) is 0 Å². The van der Waals surface area contributed by atoms with Gasteiger partial charge in [0.25, 0.3) is 0 Å². The summed E-state index contributed by atoms with van der Waals surface area (Å²) >= 11 is 0. The van der Waals surface area contributed by atoms with Crippen molar-refractivity contribution in [3.05, 3.63) is 0 Å². The molecule has 0 aromatic rings. The zero-order chi connectivity index (χ0) is 11.5. The van der Waals surface area contributed by atoms with Gasteiger partial charge in [0.2, 0.25) is 5.79 Å². The van der Waals surface area contributed by atoms with Crippen molar-refractivity contribution in [2.45, 2.75) is 24.1 Å². The maximum absolute atomic E-state index is 9.51.